The molecular weight excluding hydrogens is 492 g/mol. The van der Waals surface area contributed by atoms with E-state index < -0.39 is 16.8 Å². The number of hydrogen-bond acceptors (Lipinski definition) is 5. The Morgan fingerprint density at radius 3 is 2.18 bits per heavy atom. The van der Waals surface area contributed by atoms with Crippen LogP contribution >= 0.6 is 0 Å². The summed E-state index contributed by atoms with van der Waals surface area (Å²) in [5.74, 6) is -0.316. The van der Waals surface area contributed by atoms with Crippen LogP contribution in [0.1, 0.15) is 113 Å². The maximum atomic E-state index is 12.9. The zero-order valence-corrected chi connectivity index (χ0v) is 25.4. The molecule has 0 aromatic carbocycles. The van der Waals surface area contributed by atoms with Crippen LogP contribution in [0.25, 0.3) is 0 Å². The van der Waals surface area contributed by atoms with Crippen molar-refractivity contribution in [2.24, 2.45) is 50.2 Å². The van der Waals surface area contributed by atoms with Crippen molar-refractivity contribution < 1.29 is 29.0 Å². The first-order valence-corrected chi connectivity index (χ1v) is 15.2. The second kappa shape index (κ2) is 8.82. The minimum absolute atomic E-state index is 0.0382. The molecule has 0 radical (unpaired) electrons. The molecule has 1 N–H and O–H groups in total. The second-order valence-electron chi connectivity index (χ2n) is 15.5. The summed E-state index contributed by atoms with van der Waals surface area (Å²) < 4.78 is 11.1. The zero-order chi connectivity index (χ0) is 28.8. The van der Waals surface area contributed by atoms with E-state index in [9.17, 15) is 19.5 Å². The van der Waals surface area contributed by atoms with Gasteiger partial charge in [-0.3, -0.25) is 14.4 Å². The first kappa shape index (κ1) is 28.7. The van der Waals surface area contributed by atoms with Gasteiger partial charge in [-0.2, -0.15) is 0 Å². The summed E-state index contributed by atoms with van der Waals surface area (Å²) >= 11 is 0. The standard InChI is InChI=1S/C33H50O6/c1-20(34)39-25-12-13-30(5)23(28(25,2)3)11-14-32(7)24(30)10-9-21-22-19-29(4,27(37)38-8)15-17-33(22,26(35)36)18-16-31(21,32)6/h9,22-25H,10-19H2,1-8H3,(H,35,36). The average molecular weight is 543 g/mol. The van der Waals surface area contributed by atoms with Crippen molar-refractivity contribution >= 4 is 17.9 Å². The summed E-state index contributed by atoms with van der Waals surface area (Å²) in [6, 6.07) is 0. The van der Waals surface area contributed by atoms with Gasteiger partial charge in [0, 0.05) is 12.3 Å². The Morgan fingerprint density at radius 2 is 1.56 bits per heavy atom. The van der Waals surface area contributed by atoms with Crippen LogP contribution in [0.2, 0.25) is 0 Å². The number of fused-ring (bicyclic) bond motifs is 7. The number of esters is 2. The van der Waals surface area contributed by atoms with E-state index in [1.54, 1.807) is 0 Å². The van der Waals surface area contributed by atoms with Gasteiger partial charge in [0.2, 0.25) is 0 Å². The monoisotopic (exact) mass is 542 g/mol. The molecule has 0 aromatic rings. The van der Waals surface area contributed by atoms with Gasteiger partial charge in [-0.15, -0.1) is 0 Å². The first-order valence-electron chi connectivity index (χ1n) is 15.2. The third-order valence-electron chi connectivity index (χ3n) is 13.8. The molecule has 218 valence electrons. The number of hydrogen-bond donors (Lipinski definition) is 1. The van der Waals surface area contributed by atoms with Crippen molar-refractivity contribution in [3.8, 4) is 0 Å². The summed E-state index contributed by atoms with van der Waals surface area (Å²) in [5, 5.41) is 10.6. The third kappa shape index (κ3) is 3.67. The van der Waals surface area contributed by atoms with Crippen molar-refractivity contribution in [1.29, 1.82) is 0 Å². The van der Waals surface area contributed by atoms with E-state index >= 15 is 0 Å². The van der Waals surface area contributed by atoms with E-state index in [0.717, 1.165) is 38.5 Å². The molecule has 6 nitrogen and oxygen atoms in total. The van der Waals surface area contributed by atoms with E-state index in [1.165, 1.54) is 19.6 Å². The number of methoxy groups -OCH3 is 1. The lowest BCUT2D eigenvalue weighted by Crippen LogP contribution is -2.65. The predicted octanol–water partition coefficient (Wildman–Crippen LogP) is 6.96. The molecule has 5 rings (SSSR count). The van der Waals surface area contributed by atoms with Crippen LogP contribution in [0.5, 0.6) is 0 Å². The summed E-state index contributed by atoms with van der Waals surface area (Å²) in [4.78, 5) is 37.8. The number of carbonyl (C=O) groups is 3. The topological polar surface area (TPSA) is 89.9 Å². The van der Waals surface area contributed by atoms with Crippen LogP contribution in [-0.4, -0.2) is 36.2 Å². The van der Waals surface area contributed by atoms with Gasteiger partial charge < -0.3 is 14.6 Å². The molecule has 4 fully saturated rings. The molecule has 0 aromatic heterocycles. The Kier molecular flexibility index (Phi) is 6.49. The number of allylic oxidation sites excluding steroid dienone is 2. The fourth-order valence-electron chi connectivity index (χ4n) is 11.3. The fourth-order valence-corrected chi connectivity index (χ4v) is 11.3. The van der Waals surface area contributed by atoms with Crippen molar-refractivity contribution in [2.45, 2.75) is 119 Å². The van der Waals surface area contributed by atoms with E-state index in [0.29, 0.717) is 37.5 Å². The normalized spacial score (nSPS) is 48.3. The van der Waals surface area contributed by atoms with Crippen molar-refractivity contribution in [3.05, 3.63) is 11.6 Å². The number of carbonyl (C=O) groups excluding carboxylic acids is 2. The number of rotatable bonds is 3. The van der Waals surface area contributed by atoms with Gasteiger partial charge >= 0.3 is 17.9 Å². The average Bonchev–Trinajstić information content (AvgIpc) is 2.85. The van der Waals surface area contributed by atoms with Crippen LogP contribution in [0.3, 0.4) is 0 Å². The molecule has 9 atom stereocenters. The highest BCUT2D eigenvalue weighted by Gasteiger charge is 2.70. The summed E-state index contributed by atoms with van der Waals surface area (Å²) in [7, 11) is 1.44. The smallest absolute Gasteiger partial charge is 0.311 e. The largest absolute Gasteiger partial charge is 0.481 e. The van der Waals surface area contributed by atoms with Gasteiger partial charge in [0.25, 0.3) is 0 Å². The number of carboxylic acid groups (broad SMARTS) is 1. The van der Waals surface area contributed by atoms with Gasteiger partial charge in [-0.25, -0.2) is 0 Å². The van der Waals surface area contributed by atoms with Crippen LogP contribution in [0.4, 0.5) is 0 Å². The molecular formula is C33H50O6. The lowest BCUT2D eigenvalue weighted by atomic mass is 9.33. The molecule has 0 amide bonds. The van der Waals surface area contributed by atoms with E-state index in [4.69, 9.17) is 9.47 Å². The van der Waals surface area contributed by atoms with Gasteiger partial charge in [-0.1, -0.05) is 46.3 Å². The molecule has 5 aliphatic carbocycles. The summed E-state index contributed by atoms with van der Waals surface area (Å²) in [6.07, 6.45) is 10.6. The highest BCUT2D eigenvalue weighted by Crippen LogP contribution is 2.75. The van der Waals surface area contributed by atoms with Crippen molar-refractivity contribution in [3.63, 3.8) is 0 Å². The maximum absolute atomic E-state index is 12.9. The van der Waals surface area contributed by atoms with Crippen LogP contribution in [0.15, 0.2) is 11.6 Å². The van der Waals surface area contributed by atoms with Gasteiger partial charge in [0.05, 0.1) is 17.9 Å². The number of carboxylic acids is 1. The molecule has 0 bridgehead atoms. The lowest BCUT2D eigenvalue weighted by Gasteiger charge is -2.71. The molecule has 9 unspecified atom stereocenters. The molecule has 0 heterocycles. The van der Waals surface area contributed by atoms with E-state index in [2.05, 4.69) is 40.7 Å². The minimum atomic E-state index is -0.798. The summed E-state index contributed by atoms with van der Waals surface area (Å²) in [5.41, 5.74) is -0.200. The molecule has 4 saturated carbocycles. The lowest BCUT2D eigenvalue weighted by molar-refractivity contribution is -0.213. The zero-order valence-electron chi connectivity index (χ0n) is 25.4. The number of aliphatic carboxylic acids is 1. The Hall–Kier alpha value is -1.85. The van der Waals surface area contributed by atoms with E-state index in [-0.39, 0.29) is 45.6 Å². The van der Waals surface area contributed by atoms with Gasteiger partial charge in [-0.05, 0) is 105 Å². The summed E-state index contributed by atoms with van der Waals surface area (Å²) in [6.45, 7) is 15.5. The highest BCUT2D eigenvalue weighted by atomic mass is 16.5. The third-order valence-corrected chi connectivity index (χ3v) is 13.8. The predicted molar refractivity (Wildman–Crippen MR) is 149 cm³/mol. The molecule has 5 aliphatic rings. The minimum Gasteiger partial charge on any atom is -0.481 e. The van der Waals surface area contributed by atoms with Crippen LogP contribution in [0, 0.1) is 50.2 Å². The molecule has 39 heavy (non-hydrogen) atoms. The maximum Gasteiger partial charge on any atom is 0.311 e. The van der Waals surface area contributed by atoms with Crippen molar-refractivity contribution in [2.75, 3.05) is 7.11 Å². The first-order chi connectivity index (χ1) is 18.0. The molecule has 0 saturated heterocycles. The second-order valence-corrected chi connectivity index (χ2v) is 15.5. The SMILES string of the molecule is COC(=O)C1(C)CCC2(C(=O)O)CCC3(C)C(=CCC4C5(C)CCC(OC(C)=O)C(C)(C)C5CCC43C)C2C1. The quantitative estimate of drug-likeness (QED) is 0.306. The van der Waals surface area contributed by atoms with Crippen molar-refractivity contribution in [1.82, 2.24) is 0 Å². The molecule has 6 heteroatoms. The Morgan fingerprint density at radius 1 is 0.897 bits per heavy atom. The van der Waals surface area contributed by atoms with Crippen LogP contribution < -0.4 is 0 Å². The fraction of sp³-hybridized carbons (Fsp3) is 0.848. The Bertz CT molecular complexity index is 1110. The highest BCUT2D eigenvalue weighted by molar-refractivity contribution is 5.80. The Labute approximate surface area is 234 Å². The van der Waals surface area contributed by atoms with Gasteiger partial charge in [0.1, 0.15) is 6.10 Å². The van der Waals surface area contributed by atoms with E-state index in [1.807, 2.05) is 6.92 Å². The molecule has 0 aliphatic heterocycles. The Balaban J connectivity index is 1.56. The number of ether oxygens (including phenoxy) is 2. The van der Waals surface area contributed by atoms with Crippen LogP contribution in [-0.2, 0) is 23.9 Å². The molecule has 0 spiro atoms. The van der Waals surface area contributed by atoms with Gasteiger partial charge in [0.15, 0.2) is 0 Å².